The number of carbonyl (C=O) groups is 1. The Balaban J connectivity index is 2.09. The molecule has 1 aliphatic rings. The van der Waals surface area contributed by atoms with Crippen LogP contribution in [0, 0.1) is 6.92 Å². The smallest absolute Gasteiger partial charge is 0.251 e. The molecule has 0 saturated carbocycles. The summed E-state index contributed by atoms with van der Waals surface area (Å²) in [6.07, 6.45) is 3.57. The Hall–Kier alpha value is -1.55. The molecule has 1 amide bonds. The number of amides is 1. The molecule has 1 saturated heterocycles. The molecule has 0 aliphatic carbocycles. The van der Waals surface area contributed by atoms with Gasteiger partial charge in [-0.1, -0.05) is 6.07 Å². The number of nitrogens with one attached hydrogen (secondary N) is 2. The highest BCUT2D eigenvalue weighted by atomic mass is 16.1. The molecule has 110 valence electrons. The number of hydrogen-bond donors (Lipinski definition) is 2. The van der Waals surface area contributed by atoms with E-state index in [2.05, 4.69) is 29.5 Å². The molecule has 1 aromatic carbocycles. The van der Waals surface area contributed by atoms with Crippen molar-refractivity contribution in [2.24, 2.45) is 0 Å². The Morgan fingerprint density at radius 1 is 1.30 bits per heavy atom. The fourth-order valence-electron chi connectivity index (χ4n) is 2.67. The first-order valence-corrected chi connectivity index (χ1v) is 7.38. The average molecular weight is 275 g/mol. The number of aryl methyl sites for hydroxylation is 1. The van der Waals surface area contributed by atoms with Crippen molar-refractivity contribution in [2.75, 3.05) is 32.5 Å². The second kappa shape index (κ2) is 6.75. The molecule has 1 heterocycles. The predicted octanol–water partition coefficient (Wildman–Crippen LogP) is 2.25. The summed E-state index contributed by atoms with van der Waals surface area (Å²) >= 11 is 0. The molecular weight excluding hydrogens is 250 g/mol. The van der Waals surface area contributed by atoms with Crippen LogP contribution in [0.5, 0.6) is 0 Å². The highest BCUT2D eigenvalue weighted by Crippen LogP contribution is 2.21. The monoisotopic (exact) mass is 275 g/mol. The Bertz CT molecular complexity index is 473. The van der Waals surface area contributed by atoms with Crippen LogP contribution in [0.4, 0.5) is 5.69 Å². The van der Waals surface area contributed by atoms with E-state index in [4.69, 9.17) is 0 Å². The van der Waals surface area contributed by atoms with Gasteiger partial charge in [-0.3, -0.25) is 4.79 Å². The van der Waals surface area contributed by atoms with Gasteiger partial charge in [0, 0.05) is 24.3 Å². The largest absolute Gasteiger partial charge is 0.382 e. The van der Waals surface area contributed by atoms with Gasteiger partial charge in [0.15, 0.2) is 0 Å². The fraction of sp³-hybridized carbons (Fsp3) is 0.562. The summed E-state index contributed by atoms with van der Waals surface area (Å²) in [7, 11) is 3.84. The van der Waals surface area contributed by atoms with Gasteiger partial charge in [-0.2, -0.15) is 0 Å². The van der Waals surface area contributed by atoms with E-state index in [0.717, 1.165) is 18.7 Å². The maximum atomic E-state index is 11.7. The lowest BCUT2D eigenvalue weighted by molar-refractivity contribution is 0.0963. The highest BCUT2D eigenvalue weighted by Gasteiger charge is 2.16. The van der Waals surface area contributed by atoms with Crippen LogP contribution >= 0.6 is 0 Å². The summed E-state index contributed by atoms with van der Waals surface area (Å²) in [6, 6.07) is 6.34. The molecular formula is C16H25N3O. The van der Waals surface area contributed by atoms with Gasteiger partial charge in [-0.25, -0.2) is 0 Å². The maximum Gasteiger partial charge on any atom is 0.251 e. The van der Waals surface area contributed by atoms with Gasteiger partial charge in [-0.15, -0.1) is 0 Å². The average Bonchev–Trinajstić information content (AvgIpc) is 2.65. The van der Waals surface area contributed by atoms with Crippen LogP contribution < -0.4 is 10.6 Å². The van der Waals surface area contributed by atoms with Gasteiger partial charge >= 0.3 is 0 Å². The first kappa shape index (κ1) is 14.9. The number of hydrogen-bond acceptors (Lipinski definition) is 3. The Morgan fingerprint density at radius 2 is 2.10 bits per heavy atom. The van der Waals surface area contributed by atoms with Crippen molar-refractivity contribution in [3.8, 4) is 0 Å². The number of likely N-dealkylation sites (tertiary alicyclic amines) is 1. The molecule has 0 spiro atoms. The highest BCUT2D eigenvalue weighted by molar-refractivity contribution is 5.95. The predicted molar refractivity (Wildman–Crippen MR) is 83.3 cm³/mol. The molecule has 1 atom stereocenters. The van der Waals surface area contributed by atoms with Crippen molar-refractivity contribution in [1.82, 2.24) is 10.2 Å². The molecule has 0 radical (unpaired) electrons. The lowest BCUT2D eigenvalue weighted by atomic mass is 10.1. The first-order chi connectivity index (χ1) is 9.60. The van der Waals surface area contributed by atoms with Gasteiger partial charge in [0.05, 0.1) is 0 Å². The SMILES string of the molecule is CNC(=O)c1ccc(C)c(NC2CCCN(C)CC2)c1. The van der Waals surface area contributed by atoms with E-state index in [0.29, 0.717) is 11.6 Å². The van der Waals surface area contributed by atoms with Gasteiger partial charge in [0.1, 0.15) is 0 Å². The van der Waals surface area contributed by atoms with E-state index in [-0.39, 0.29) is 5.91 Å². The van der Waals surface area contributed by atoms with E-state index < -0.39 is 0 Å². The summed E-state index contributed by atoms with van der Waals surface area (Å²) < 4.78 is 0. The molecule has 4 heteroatoms. The normalized spacial score (nSPS) is 20.2. The number of rotatable bonds is 3. The van der Waals surface area contributed by atoms with Gasteiger partial charge < -0.3 is 15.5 Å². The molecule has 0 aromatic heterocycles. The lowest BCUT2D eigenvalue weighted by Crippen LogP contribution is -2.24. The molecule has 1 fully saturated rings. The van der Waals surface area contributed by atoms with E-state index >= 15 is 0 Å². The topological polar surface area (TPSA) is 44.4 Å². The van der Waals surface area contributed by atoms with Crippen LogP contribution in [0.25, 0.3) is 0 Å². The molecule has 20 heavy (non-hydrogen) atoms. The summed E-state index contributed by atoms with van der Waals surface area (Å²) in [5.41, 5.74) is 2.99. The van der Waals surface area contributed by atoms with Crippen LogP contribution in [0.1, 0.15) is 35.2 Å². The van der Waals surface area contributed by atoms with Crippen molar-refractivity contribution in [1.29, 1.82) is 0 Å². The summed E-state index contributed by atoms with van der Waals surface area (Å²) in [5, 5.41) is 6.30. The quantitative estimate of drug-likeness (QED) is 0.889. The second-order valence-corrected chi connectivity index (χ2v) is 5.68. The second-order valence-electron chi connectivity index (χ2n) is 5.68. The Labute approximate surface area is 121 Å². The zero-order chi connectivity index (χ0) is 14.5. The Morgan fingerprint density at radius 3 is 2.85 bits per heavy atom. The maximum absolute atomic E-state index is 11.7. The van der Waals surface area contributed by atoms with Crippen molar-refractivity contribution < 1.29 is 4.79 Å². The van der Waals surface area contributed by atoms with Crippen molar-refractivity contribution >= 4 is 11.6 Å². The minimum Gasteiger partial charge on any atom is -0.382 e. The van der Waals surface area contributed by atoms with Crippen molar-refractivity contribution in [3.05, 3.63) is 29.3 Å². The van der Waals surface area contributed by atoms with E-state index in [1.807, 2.05) is 18.2 Å². The summed E-state index contributed by atoms with van der Waals surface area (Å²) in [6.45, 7) is 4.39. The minimum absolute atomic E-state index is 0.0337. The van der Waals surface area contributed by atoms with Crippen LogP contribution in [0.15, 0.2) is 18.2 Å². The van der Waals surface area contributed by atoms with Gasteiger partial charge in [0.2, 0.25) is 0 Å². The van der Waals surface area contributed by atoms with E-state index in [9.17, 15) is 4.79 Å². The first-order valence-electron chi connectivity index (χ1n) is 7.38. The van der Waals surface area contributed by atoms with E-state index in [1.54, 1.807) is 7.05 Å². The molecule has 4 nitrogen and oxygen atoms in total. The van der Waals surface area contributed by atoms with Crippen LogP contribution in [-0.2, 0) is 0 Å². The fourth-order valence-corrected chi connectivity index (χ4v) is 2.67. The summed E-state index contributed by atoms with van der Waals surface area (Å²) in [4.78, 5) is 14.1. The van der Waals surface area contributed by atoms with Crippen molar-refractivity contribution in [3.63, 3.8) is 0 Å². The lowest BCUT2D eigenvalue weighted by Gasteiger charge is -2.20. The zero-order valence-electron chi connectivity index (χ0n) is 12.7. The van der Waals surface area contributed by atoms with E-state index in [1.165, 1.54) is 24.9 Å². The third kappa shape index (κ3) is 3.73. The van der Waals surface area contributed by atoms with Gasteiger partial charge in [-0.05, 0) is 64.0 Å². The van der Waals surface area contributed by atoms with Crippen LogP contribution in [0.2, 0.25) is 0 Å². The van der Waals surface area contributed by atoms with Crippen LogP contribution in [-0.4, -0.2) is 44.0 Å². The van der Waals surface area contributed by atoms with Gasteiger partial charge in [0.25, 0.3) is 5.91 Å². The molecule has 0 bridgehead atoms. The number of benzene rings is 1. The molecule has 1 unspecified atom stereocenters. The molecule has 1 aliphatic heterocycles. The standard InChI is InChI=1S/C16H25N3O/c1-12-6-7-13(16(20)17-2)11-15(12)18-14-5-4-9-19(3)10-8-14/h6-7,11,14,18H,4-5,8-10H2,1-3H3,(H,17,20). The summed E-state index contributed by atoms with van der Waals surface area (Å²) in [5.74, 6) is -0.0337. The Kier molecular flexibility index (Phi) is 5.01. The number of carbonyl (C=O) groups excluding carboxylic acids is 1. The number of anilines is 1. The van der Waals surface area contributed by atoms with Crippen molar-refractivity contribution in [2.45, 2.75) is 32.2 Å². The minimum atomic E-state index is -0.0337. The molecule has 1 aromatic rings. The number of nitrogens with zero attached hydrogens (tertiary/aromatic N) is 1. The molecule has 2 N–H and O–H groups in total. The third-order valence-electron chi connectivity index (χ3n) is 4.04. The molecule has 2 rings (SSSR count). The van der Waals surface area contributed by atoms with Crippen LogP contribution in [0.3, 0.4) is 0 Å². The zero-order valence-corrected chi connectivity index (χ0v) is 12.7. The third-order valence-corrected chi connectivity index (χ3v) is 4.04.